The van der Waals surface area contributed by atoms with E-state index >= 15 is 0 Å². The highest BCUT2D eigenvalue weighted by Gasteiger charge is 2.23. The van der Waals surface area contributed by atoms with Gasteiger partial charge in [-0.05, 0) is 98.4 Å². The maximum Gasteiger partial charge on any atom is 0.145 e. The fraction of sp³-hybridized carbons (Fsp3) is 0. The van der Waals surface area contributed by atoms with Gasteiger partial charge in [0.2, 0.25) is 0 Å². The maximum atomic E-state index is 6.77. The van der Waals surface area contributed by atoms with Crippen molar-refractivity contribution in [2.75, 3.05) is 4.90 Å². The second-order valence-corrected chi connectivity index (χ2v) is 15.2. The van der Waals surface area contributed by atoms with Crippen molar-refractivity contribution in [3.05, 3.63) is 212 Å². The normalized spacial score (nSPS) is 11.7. The Kier molecular flexibility index (Phi) is 7.54. The van der Waals surface area contributed by atoms with Crippen molar-refractivity contribution < 1.29 is 8.83 Å². The van der Waals surface area contributed by atoms with Gasteiger partial charge in [0.25, 0.3) is 0 Å². The maximum absolute atomic E-state index is 6.77. The lowest BCUT2D eigenvalue weighted by Gasteiger charge is -2.27. The standard InChI is InChI=1S/C56H35NO2/c1-3-13-36(14-4-1)46-32-31-45(53-48-19-9-11-21-51(48)58-55(46)53)39-25-27-41(28-26-39)57(42-29-30-44-40(35-42)24-23-38-17-7-8-18-43(38)44)50-34-33-47(37-15-5-2-6-16-37)56-54(50)49-20-10-12-22-52(49)59-56/h1-35H. The smallest absolute Gasteiger partial charge is 0.145 e. The Bertz CT molecular complexity index is 3540. The Labute approximate surface area is 340 Å². The van der Waals surface area contributed by atoms with Crippen LogP contribution in [-0.4, -0.2) is 0 Å². The van der Waals surface area contributed by atoms with Crippen molar-refractivity contribution in [2.24, 2.45) is 0 Å². The molecule has 2 aromatic heterocycles. The van der Waals surface area contributed by atoms with Gasteiger partial charge in [-0.2, -0.15) is 0 Å². The fourth-order valence-corrected chi connectivity index (χ4v) is 9.11. The van der Waals surface area contributed by atoms with Crippen LogP contribution in [0.25, 0.3) is 98.8 Å². The van der Waals surface area contributed by atoms with Crippen LogP contribution in [0.3, 0.4) is 0 Å². The third kappa shape index (κ3) is 5.36. The zero-order chi connectivity index (χ0) is 38.9. The van der Waals surface area contributed by atoms with Gasteiger partial charge in [0.05, 0.1) is 11.1 Å². The molecule has 59 heavy (non-hydrogen) atoms. The Morgan fingerprint density at radius 2 is 0.797 bits per heavy atom. The lowest BCUT2D eigenvalue weighted by molar-refractivity contribution is 0.669. The van der Waals surface area contributed by atoms with E-state index in [4.69, 9.17) is 8.83 Å². The average molecular weight is 754 g/mol. The van der Waals surface area contributed by atoms with E-state index in [2.05, 4.69) is 205 Å². The molecule has 0 saturated heterocycles. The third-order valence-corrected chi connectivity index (χ3v) is 11.9. The van der Waals surface area contributed by atoms with E-state index in [1.807, 2.05) is 12.1 Å². The fourth-order valence-electron chi connectivity index (χ4n) is 9.11. The molecular formula is C56H35NO2. The molecule has 0 saturated carbocycles. The molecule has 0 aliphatic rings. The second kappa shape index (κ2) is 13.4. The van der Waals surface area contributed by atoms with E-state index < -0.39 is 0 Å². The highest BCUT2D eigenvalue weighted by molar-refractivity contribution is 6.18. The first kappa shape index (κ1) is 33.3. The van der Waals surface area contributed by atoms with Gasteiger partial charge in [-0.1, -0.05) is 158 Å². The number of anilines is 3. The molecule has 0 spiro atoms. The minimum atomic E-state index is 0.864. The SMILES string of the molecule is c1ccc(-c2ccc(-c3ccc(N(c4ccc5c(ccc6ccccc65)c4)c4ccc(-c5ccccc5)c5oc6ccccc6c45)cc3)c3c2oc2ccccc23)cc1. The molecule has 0 fully saturated rings. The lowest BCUT2D eigenvalue weighted by Crippen LogP contribution is -2.10. The lowest BCUT2D eigenvalue weighted by atomic mass is 9.94. The summed E-state index contributed by atoms with van der Waals surface area (Å²) in [5, 5.41) is 9.29. The molecule has 0 aliphatic carbocycles. The van der Waals surface area contributed by atoms with E-state index in [-0.39, 0.29) is 0 Å². The Morgan fingerprint density at radius 3 is 1.49 bits per heavy atom. The number of rotatable bonds is 6. The van der Waals surface area contributed by atoms with Crippen LogP contribution in [0.4, 0.5) is 17.1 Å². The van der Waals surface area contributed by atoms with Crippen LogP contribution in [0.1, 0.15) is 0 Å². The number of fused-ring (bicyclic) bond motifs is 9. The number of nitrogens with zero attached hydrogens (tertiary/aromatic N) is 1. The Morgan fingerprint density at radius 1 is 0.305 bits per heavy atom. The minimum Gasteiger partial charge on any atom is -0.455 e. The molecule has 3 heteroatoms. The summed E-state index contributed by atoms with van der Waals surface area (Å²) in [6, 6.07) is 75.6. The molecule has 0 bridgehead atoms. The molecule has 12 rings (SSSR count). The number of hydrogen-bond acceptors (Lipinski definition) is 3. The van der Waals surface area contributed by atoms with Gasteiger partial charge < -0.3 is 13.7 Å². The molecule has 0 amide bonds. The van der Waals surface area contributed by atoms with Crippen LogP contribution < -0.4 is 4.90 Å². The van der Waals surface area contributed by atoms with Gasteiger partial charge in [0, 0.05) is 38.7 Å². The van der Waals surface area contributed by atoms with Gasteiger partial charge in [-0.25, -0.2) is 0 Å². The molecule has 0 radical (unpaired) electrons. The first-order valence-corrected chi connectivity index (χ1v) is 20.1. The third-order valence-electron chi connectivity index (χ3n) is 11.9. The summed E-state index contributed by atoms with van der Waals surface area (Å²) in [6.45, 7) is 0. The largest absolute Gasteiger partial charge is 0.455 e. The number of benzene rings is 10. The molecule has 2 heterocycles. The molecule has 0 unspecified atom stereocenters. The van der Waals surface area contributed by atoms with E-state index in [1.165, 1.54) is 21.5 Å². The Hall–Kier alpha value is -7.88. The van der Waals surface area contributed by atoms with Crippen LogP contribution in [0, 0.1) is 0 Å². The molecule has 276 valence electrons. The summed E-state index contributed by atoms with van der Waals surface area (Å²) in [4.78, 5) is 2.39. The number of para-hydroxylation sites is 2. The molecular weight excluding hydrogens is 719 g/mol. The van der Waals surface area contributed by atoms with Gasteiger partial charge in [0.1, 0.15) is 22.3 Å². The van der Waals surface area contributed by atoms with Crippen molar-refractivity contribution >= 4 is 82.5 Å². The summed E-state index contributed by atoms with van der Waals surface area (Å²) in [5.74, 6) is 0. The van der Waals surface area contributed by atoms with Crippen LogP contribution in [-0.2, 0) is 0 Å². The van der Waals surface area contributed by atoms with E-state index in [1.54, 1.807) is 0 Å². The zero-order valence-corrected chi connectivity index (χ0v) is 32.0. The molecule has 0 aliphatic heterocycles. The monoisotopic (exact) mass is 753 g/mol. The van der Waals surface area contributed by atoms with Crippen LogP contribution in [0.5, 0.6) is 0 Å². The summed E-state index contributed by atoms with van der Waals surface area (Å²) in [7, 11) is 0. The van der Waals surface area contributed by atoms with E-state index in [0.717, 1.165) is 94.3 Å². The average Bonchev–Trinajstić information content (AvgIpc) is 3.90. The van der Waals surface area contributed by atoms with Gasteiger partial charge in [-0.15, -0.1) is 0 Å². The van der Waals surface area contributed by atoms with Crippen LogP contribution >= 0.6 is 0 Å². The predicted octanol–water partition coefficient (Wildman–Crippen LogP) is 16.3. The van der Waals surface area contributed by atoms with Crippen molar-refractivity contribution in [1.82, 2.24) is 0 Å². The predicted molar refractivity (Wildman–Crippen MR) is 247 cm³/mol. The van der Waals surface area contributed by atoms with Crippen molar-refractivity contribution in [1.29, 1.82) is 0 Å². The van der Waals surface area contributed by atoms with Crippen LogP contribution in [0.2, 0.25) is 0 Å². The summed E-state index contributed by atoms with van der Waals surface area (Å²) < 4.78 is 13.4. The van der Waals surface area contributed by atoms with E-state index in [9.17, 15) is 0 Å². The van der Waals surface area contributed by atoms with Crippen molar-refractivity contribution in [3.8, 4) is 33.4 Å². The quantitative estimate of drug-likeness (QED) is 0.158. The topological polar surface area (TPSA) is 29.5 Å². The van der Waals surface area contributed by atoms with Crippen molar-refractivity contribution in [3.63, 3.8) is 0 Å². The van der Waals surface area contributed by atoms with Gasteiger partial charge >= 0.3 is 0 Å². The molecule has 12 aromatic rings. The molecule has 0 N–H and O–H groups in total. The first-order valence-electron chi connectivity index (χ1n) is 20.1. The molecule has 3 nitrogen and oxygen atoms in total. The Balaban J connectivity index is 1.08. The number of hydrogen-bond donors (Lipinski definition) is 0. The summed E-state index contributed by atoms with van der Waals surface area (Å²) in [5.41, 5.74) is 13.3. The first-order chi connectivity index (χ1) is 29.3. The summed E-state index contributed by atoms with van der Waals surface area (Å²) >= 11 is 0. The zero-order valence-electron chi connectivity index (χ0n) is 32.0. The highest BCUT2D eigenvalue weighted by Crippen LogP contribution is 2.48. The van der Waals surface area contributed by atoms with E-state index in [0.29, 0.717) is 0 Å². The van der Waals surface area contributed by atoms with Crippen LogP contribution in [0.15, 0.2) is 221 Å². The molecule has 10 aromatic carbocycles. The van der Waals surface area contributed by atoms with Crippen molar-refractivity contribution in [2.45, 2.75) is 0 Å². The highest BCUT2D eigenvalue weighted by atomic mass is 16.3. The van der Waals surface area contributed by atoms with Gasteiger partial charge in [-0.3, -0.25) is 0 Å². The second-order valence-electron chi connectivity index (χ2n) is 15.2. The summed E-state index contributed by atoms with van der Waals surface area (Å²) in [6.07, 6.45) is 0. The molecule has 0 atom stereocenters. The minimum absolute atomic E-state index is 0.864. The number of furan rings is 2. The van der Waals surface area contributed by atoms with Gasteiger partial charge in [0.15, 0.2) is 0 Å².